The van der Waals surface area contributed by atoms with Crippen LogP contribution in [-0.2, 0) is 11.2 Å². The zero-order chi connectivity index (χ0) is 19.5. The molecule has 4 rings (SSSR count). The van der Waals surface area contributed by atoms with Crippen LogP contribution in [0.3, 0.4) is 0 Å². The summed E-state index contributed by atoms with van der Waals surface area (Å²) in [6.45, 7) is 2.02. The maximum Gasteiger partial charge on any atom is 0.297 e. The van der Waals surface area contributed by atoms with Gasteiger partial charge in [-0.3, -0.25) is 9.59 Å². The number of thioether (sulfide) groups is 1. The molecule has 1 aromatic carbocycles. The van der Waals surface area contributed by atoms with Gasteiger partial charge in [-0.05, 0) is 25.3 Å². The van der Waals surface area contributed by atoms with Gasteiger partial charge in [-0.2, -0.15) is 4.52 Å². The first-order chi connectivity index (χ1) is 13.6. The molecule has 0 aliphatic heterocycles. The summed E-state index contributed by atoms with van der Waals surface area (Å²) in [6.07, 6.45) is 4.91. The number of hydrogen-bond acceptors (Lipinski definition) is 7. The van der Waals surface area contributed by atoms with Crippen LogP contribution in [-0.4, -0.2) is 37.5 Å². The highest BCUT2D eigenvalue weighted by Gasteiger charge is 2.18. The van der Waals surface area contributed by atoms with E-state index in [-0.39, 0.29) is 17.2 Å². The Morgan fingerprint density at radius 3 is 2.75 bits per heavy atom. The van der Waals surface area contributed by atoms with Gasteiger partial charge in [0.2, 0.25) is 10.9 Å². The third-order valence-electron chi connectivity index (χ3n) is 4.78. The number of fused-ring (bicyclic) bond motifs is 1. The molecule has 1 N–H and O–H groups in total. The smallest absolute Gasteiger partial charge is 0.297 e. The minimum atomic E-state index is -0.260. The summed E-state index contributed by atoms with van der Waals surface area (Å²) in [5.41, 5.74) is 2.27. The van der Waals surface area contributed by atoms with E-state index in [1.54, 1.807) is 0 Å². The van der Waals surface area contributed by atoms with Gasteiger partial charge in [-0.1, -0.05) is 65.8 Å². The molecule has 1 saturated carbocycles. The van der Waals surface area contributed by atoms with Crippen molar-refractivity contribution in [1.29, 1.82) is 0 Å². The molecule has 0 saturated heterocycles. The molecule has 1 aliphatic carbocycles. The monoisotopic (exact) mass is 415 g/mol. The van der Waals surface area contributed by atoms with Gasteiger partial charge in [0.15, 0.2) is 4.34 Å². The van der Waals surface area contributed by atoms with Crippen molar-refractivity contribution in [1.82, 2.24) is 25.1 Å². The summed E-state index contributed by atoms with van der Waals surface area (Å²) >= 11 is 2.60. The van der Waals surface area contributed by atoms with Crippen molar-refractivity contribution in [3.05, 3.63) is 51.4 Å². The second-order valence-corrected chi connectivity index (χ2v) is 9.19. The fourth-order valence-corrected chi connectivity index (χ4v) is 4.95. The Labute approximate surface area is 170 Å². The van der Waals surface area contributed by atoms with E-state index in [9.17, 15) is 9.59 Å². The molecule has 0 bridgehead atoms. The summed E-state index contributed by atoms with van der Waals surface area (Å²) in [7, 11) is 0. The third-order valence-corrected chi connectivity index (χ3v) is 6.81. The average molecular weight is 416 g/mol. The van der Waals surface area contributed by atoms with E-state index in [4.69, 9.17) is 0 Å². The minimum Gasteiger partial charge on any atom is -0.353 e. The second kappa shape index (κ2) is 8.40. The van der Waals surface area contributed by atoms with Gasteiger partial charge in [-0.25, -0.2) is 0 Å². The maximum absolute atomic E-state index is 12.7. The van der Waals surface area contributed by atoms with E-state index in [2.05, 4.69) is 20.6 Å². The van der Waals surface area contributed by atoms with Gasteiger partial charge < -0.3 is 5.32 Å². The first-order valence-corrected chi connectivity index (χ1v) is 11.1. The lowest BCUT2D eigenvalue weighted by atomic mass is 10.1. The first-order valence-electron chi connectivity index (χ1n) is 9.31. The Morgan fingerprint density at radius 2 is 2.00 bits per heavy atom. The summed E-state index contributed by atoms with van der Waals surface area (Å²) in [4.78, 5) is 25.2. The Hall–Kier alpha value is -2.26. The quantitative estimate of drug-likeness (QED) is 0.623. The zero-order valence-electron chi connectivity index (χ0n) is 15.6. The Balaban J connectivity index is 1.44. The molecule has 2 aromatic heterocycles. The Kier molecular flexibility index (Phi) is 5.72. The van der Waals surface area contributed by atoms with E-state index in [0.29, 0.717) is 27.5 Å². The molecule has 1 aliphatic rings. The number of aromatic nitrogens is 4. The van der Waals surface area contributed by atoms with Crippen LogP contribution in [0.1, 0.15) is 42.5 Å². The zero-order valence-corrected chi connectivity index (χ0v) is 17.2. The van der Waals surface area contributed by atoms with Crippen molar-refractivity contribution in [2.45, 2.75) is 49.4 Å². The van der Waals surface area contributed by atoms with E-state index in [1.165, 1.54) is 46.0 Å². The summed E-state index contributed by atoms with van der Waals surface area (Å²) in [5.74, 6) is 0.295. The summed E-state index contributed by atoms with van der Waals surface area (Å²) < 4.78 is 1.93. The lowest BCUT2D eigenvalue weighted by Crippen LogP contribution is -2.33. The van der Waals surface area contributed by atoms with Crippen molar-refractivity contribution in [3.8, 4) is 0 Å². The van der Waals surface area contributed by atoms with E-state index < -0.39 is 0 Å². The number of aryl methyl sites for hydroxylation is 1. The minimum absolute atomic E-state index is 0.00893. The van der Waals surface area contributed by atoms with Gasteiger partial charge >= 0.3 is 0 Å². The lowest BCUT2D eigenvalue weighted by molar-refractivity contribution is -0.119. The van der Waals surface area contributed by atoms with Crippen LogP contribution in [0.15, 0.2) is 33.4 Å². The second-order valence-electron chi connectivity index (χ2n) is 7.01. The number of nitrogens with one attached hydrogen (secondary N) is 1. The van der Waals surface area contributed by atoms with Crippen molar-refractivity contribution >= 4 is 34.0 Å². The van der Waals surface area contributed by atoms with Gasteiger partial charge in [0, 0.05) is 12.5 Å². The average Bonchev–Trinajstić information content (AvgIpc) is 3.34. The predicted octanol–water partition coefficient (Wildman–Crippen LogP) is 2.60. The predicted molar refractivity (Wildman–Crippen MR) is 110 cm³/mol. The fraction of sp³-hybridized carbons (Fsp3) is 0.421. The van der Waals surface area contributed by atoms with Crippen molar-refractivity contribution in [2.24, 2.45) is 0 Å². The molecule has 0 radical (unpaired) electrons. The molecule has 146 valence electrons. The Morgan fingerprint density at radius 1 is 1.25 bits per heavy atom. The van der Waals surface area contributed by atoms with Crippen molar-refractivity contribution in [3.63, 3.8) is 0 Å². The van der Waals surface area contributed by atoms with Crippen LogP contribution >= 0.6 is 23.1 Å². The molecular weight excluding hydrogens is 394 g/mol. The maximum atomic E-state index is 12.7. The number of hydrogen-bond donors (Lipinski definition) is 1. The topological polar surface area (TPSA) is 89.2 Å². The fourth-order valence-electron chi connectivity index (χ4n) is 3.26. The van der Waals surface area contributed by atoms with Crippen LogP contribution < -0.4 is 10.9 Å². The molecule has 1 fully saturated rings. The Bertz CT molecular complexity index is 1040. The van der Waals surface area contributed by atoms with E-state index >= 15 is 0 Å². The molecule has 0 unspecified atom stereocenters. The standard InChI is InChI=1S/C19H21N5O2S2/c1-12-6-8-13(9-7-12)10-15-17(26)24-18(22-21-15)28-19(23-24)27-11-16(25)20-14-4-2-3-5-14/h6-9,14H,2-5,10-11H2,1H3,(H,20,25). The van der Waals surface area contributed by atoms with Crippen molar-refractivity contribution < 1.29 is 4.79 Å². The SMILES string of the molecule is Cc1ccc(Cc2nnc3sc(SCC(=O)NC4CCCC4)nn3c2=O)cc1. The largest absolute Gasteiger partial charge is 0.353 e. The van der Waals surface area contributed by atoms with Crippen LogP contribution in [0, 0.1) is 6.92 Å². The number of carbonyl (C=O) groups excluding carboxylic acids is 1. The van der Waals surface area contributed by atoms with Crippen LogP contribution in [0.4, 0.5) is 0 Å². The number of amides is 1. The van der Waals surface area contributed by atoms with Crippen LogP contribution in [0.2, 0.25) is 0 Å². The van der Waals surface area contributed by atoms with Crippen molar-refractivity contribution in [2.75, 3.05) is 5.75 Å². The molecule has 28 heavy (non-hydrogen) atoms. The molecular formula is C19H21N5O2S2. The summed E-state index contributed by atoms with van der Waals surface area (Å²) in [6, 6.07) is 8.29. The van der Waals surface area contributed by atoms with E-state index in [0.717, 1.165) is 18.4 Å². The number of rotatable bonds is 6. The lowest BCUT2D eigenvalue weighted by Gasteiger charge is -2.10. The number of benzene rings is 1. The molecule has 1 amide bonds. The molecule has 7 nitrogen and oxygen atoms in total. The molecule has 2 heterocycles. The van der Waals surface area contributed by atoms with E-state index in [1.807, 2.05) is 31.2 Å². The summed E-state index contributed by atoms with van der Waals surface area (Å²) in [5, 5.41) is 15.6. The number of nitrogens with zero attached hydrogens (tertiary/aromatic N) is 4. The van der Waals surface area contributed by atoms with Gasteiger partial charge in [0.05, 0.1) is 5.75 Å². The van der Waals surface area contributed by atoms with Gasteiger partial charge in [0.25, 0.3) is 5.56 Å². The van der Waals surface area contributed by atoms with Gasteiger partial charge in [-0.15, -0.1) is 15.3 Å². The molecule has 0 spiro atoms. The molecule has 3 aromatic rings. The van der Waals surface area contributed by atoms with Crippen LogP contribution in [0.25, 0.3) is 4.96 Å². The molecule has 0 atom stereocenters. The normalized spacial score (nSPS) is 14.6. The van der Waals surface area contributed by atoms with Gasteiger partial charge in [0.1, 0.15) is 5.69 Å². The third kappa shape index (κ3) is 4.41. The highest BCUT2D eigenvalue weighted by molar-refractivity contribution is 8.01. The highest BCUT2D eigenvalue weighted by Crippen LogP contribution is 2.23. The molecule has 9 heteroatoms. The van der Waals surface area contributed by atoms with Crippen LogP contribution in [0.5, 0.6) is 0 Å². The highest BCUT2D eigenvalue weighted by atomic mass is 32.2. The first kappa shape index (κ1) is 19.1. The number of carbonyl (C=O) groups is 1.